The Balaban J connectivity index is 1.25. The van der Waals surface area contributed by atoms with E-state index in [4.69, 9.17) is 16.2 Å². The van der Waals surface area contributed by atoms with Gasteiger partial charge in [-0.15, -0.1) is 0 Å². The van der Waals surface area contributed by atoms with E-state index in [0.717, 1.165) is 5.56 Å². The van der Waals surface area contributed by atoms with E-state index in [1.165, 1.54) is 18.5 Å². The zero-order chi connectivity index (χ0) is 21.3. The van der Waals surface area contributed by atoms with Crippen molar-refractivity contribution in [3.63, 3.8) is 0 Å². The number of nitrogens with zero attached hydrogens (tertiary/aromatic N) is 4. The summed E-state index contributed by atoms with van der Waals surface area (Å²) in [5.74, 6) is 0.361. The summed E-state index contributed by atoms with van der Waals surface area (Å²) in [4.78, 5) is 38.2. The maximum atomic E-state index is 12.6. The Kier molecular flexibility index (Phi) is 5.02. The van der Waals surface area contributed by atoms with Crippen LogP contribution >= 0.6 is 0 Å². The first kappa shape index (κ1) is 19.7. The van der Waals surface area contributed by atoms with Crippen LogP contribution in [0.3, 0.4) is 0 Å². The number of nitrogen functional groups attached to an aromatic ring is 2. The summed E-state index contributed by atoms with van der Waals surface area (Å²) >= 11 is 0. The molecule has 2 aromatic heterocycles. The van der Waals surface area contributed by atoms with E-state index < -0.39 is 5.60 Å². The number of nitrogens with two attached hydrogens (primary N) is 2. The molecule has 2 amide bonds. The molecular formula is C19H23N7O4. The SMILES string of the molecule is Nc1nc(N)c2c(n1)O[C@]1(CCN(C(=O)CCCNC(=O)c3cncc(O)c3)C1)C2. The van der Waals surface area contributed by atoms with Gasteiger partial charge in [0.15, 0.2) is 0 Å². The van der Waals surface area contributed by atoms with Gasteiger partial charge in [-0.2, -0.15) is 9.97 Å². The molecule has 4 rings (SSSR count). The second kappa shape index (κ2) is 7.65. The Morgan fingerprint density at radius 3 is 2.93 bits per heavy atom. The highest BCUT2D eigenvalue weighted by Gasteiger charge is 2.47. The molecule has 1 fully saturated rings. The number of fused-ring (bicyclic) bond motifs is 1. The summed E-state index contributed by atoms with van der Waals surface area (Å²) in [6.07, 6.45) is 4.64. The van der Waals surface area contributed by atoms with Crippen LogP contribution in [-0.4, -0.2) is 62.0 Å². The number of hydrogen-bond donors (Lipinski definition) is 4. The molecule has 1 spiro atoms. The molecule has 11 nitrogen and oxygen atoms in total. The minimum atomic E-state index is -0.537. The fraction of sp³-hybridized carbons (Fsp3) is 0.421. The van der Waals surface area contributed by atoms with Crippen molar-refractivity contribution in [1.82, 2.24) is 25.2 Å². The molecule has 2 aromatic rings. The Bertz CT molecular complexity index is 999. The molecule has 4 heterocycles. The molecule has 0 unspecified atom stereocenters. The molecule has 0 radical (unpaired) electrons. The largest absolute Gasteiger partial charge is 0.506 e. The number of carbonyl (C=O) groups excluding carboxylic acids is 2. The molecule has 1 atom stereocenters. The molecule has 30 heavy (non-hydrogen) atoms. The molecule has 6 N–H and O–H groups in total. The van der Waals surface area contributed by atoms with Crippen LogP contribution < -0.4 is 21.5 Å². The molecule has 1 saturated heterocycles. The van der Waals surface area contributed by atoms with Crippen molar-refractivity contribution in [3.8, 4) is 11.6 Å². The third kappa shape index (κ3) is 3.91. The molecular weight excluding hydrogens is 390 g/mol. The van der Waals surface area contributed by atoms with Gasteiger partial charge < -0.3 is 31.5 Å². The highest BCUT2D eigenvalue weighted by atomic mass is 16.5. The number of likely N-dealkylation sites (tertiary alicyclic amines) is 1. The number of nitrogens with one attached hydrogen (secondary N) is 1. The van der Waals surface area contributed by atoms with E-state index in [1.54, 1.807) is 4.90 Å². The summed E-state index contributed by atoms with van der Waals surface area (Å²) in [5, 5.41) is 12.1. The van der Waals surface area contributed by atoms with Crippen molar-refractivity contribution in [3.05, 3.63) is 29.6 Å². The van der Waals surface area contributed by atoms with Crippen LogP contribution in [0.25, 0.3) is 0 Å². The highest BCUT2D eigenvalue weighted by molar-refractivity contribution is 5.94. The lowest BCUT2D eigenvalue weighted by Gasteiger charge is -2.23. The first-order chi connectivity index (χ1) is 14.3. The van der Waals surface area contributed by atoms with Crippen LogP contribution in [0.1, 0.15) is 35.2 Å². The third-order valence-electron chi connectivity index (χ3n) is 5.34. The van der Waals surface area contributed by atoms with E-state index in [9.17, 15) is 14.7 Å². The lowest BCUT2D eigenvalue weighted by atomic mass is 9.97. The minimum Gasteiger partial charge on any atom is -0.506 e. The predicted molar refractivity (Wildman–Crippen MR) is 107 cm³/mol. The molecule has 0 aliphatic carbocycles. The molecule has 2 aliphatic heterocycles. The summed E-state index contributed by atoms with van der Waals surface area (Å²) < 4.78 is 6.02. The topological polar surface area (TPSA) is 170 Å². The second-order valence-electron chi connectivity index (χ2n) is 7.57. The van der Waals surface area contributed by atoms with Crippen molar-refractivity contribution >= 4 is 23.6 Å². The van der Waals surface area contributed by atoms with Crippen molar-refractivity contribution in [2.75, 3.05) is 31.1 Å². The number of amides is 2. The average molecular weight is 413 g/mol. The number of aromatic hydroxyl groups is 1. The van der Waals surface area contributed by atoms with E-state index in [-0.39, 0.29) is 29.1 Å². The number of hydrogen-bond acceptors (Lipinski definition) is 9. The van der Waals surface area contributed by atoms with Gasteiger partial charge in [-0.3, -0.25) is 14.6 Å². The smallest absolute Gasteiger partial charge is 0.252 e. The fourth-order valence-electron chi connectivity index (χ4n) is 3.85. The molecule has 0 saturated carbocycles. The maximum absolute atomic E-state index is 12.6. The molecule has 11 heteroatoms. The van der Waals surface area contributed by atoms with Gasteiger partial charge in [0.2, 0.25) is 17.7 Å². The third-order valence-corrected chi connectivity index (χ3v) is 5.34. The molecule has 0 bridgehead atoms. The van der Waals surface area contributed by atoms with Crippen molar-refractivity contribution < 1.29 is 19.4 Å². The predicted octanol–water partition coefficient (Wildman–Crippen LogP) is -0.142. The van der Waals surface area contributed by atoms with Crippen LogP contribution in [0.4, 0.5) is 11.8 Å². The highest BCUT2D eigenvalue weighted by Crippen LogP contribution is 2.41. The second-order valence-corrected chi connectivity index (χ2v) is 7.57. The Morgan fingerprint density at radius 1 is 1.30 bits per heavy atom. The van der Waals surface area contributed by atoms with Gasteiger partial charge in [0.25, 0.3) is 5.91 Å². The minimum absolute atomic E-state index is 0.00160. The van der Waals surface area contributed by atoms with E-state index in [2.05, 4.69) is 20.3 Å². The van der Waals surface area contributed by atoms with Gasteiger partial charge in [0, 0.05) is 38.5 Å². The lowest BCUT2D eigenvalue weighted by molar-refractivity contribution is -0.130. The van der Waals surface area contributed by atoms with Crippen LogP contribution in [0.15, 0.2) is 18.5 Å². The Hall–Kier alpha value is -3.63. The summed E-state index contributed by atoms with van der Waals surface area (Å²) in [5.41, 5.74) is 12.0. The van der Waals surface area contributed by atoms with E-state index in [1.807, 2.05) is 0 Å². The Labute approximate surface area is 172 Å². The standard InChI is InChI=1S/C19H23N7O4/c20-15-13-7-19(30-17(13)25-18(21)24-15)3-5-26(10-19)14(28)2-1-4-23-16(29)11-6-12(27)9-22-8-11/h6,8-9,27H,1-5,7,10H2,(H,23,29)(H4,20,21,24,25)/t19-/m1/s1. The molecule has 2 aliphatic rings. The van der Waals surface area contributed by atoms with Gasteiger partial charge >= 0.3 is 0 Å². The average Bonchev–Trinajstić information content (AvgIpc) is 3.28. The number of anilines is 2. The number of aromatic nitrogens is 3. The van der Waals surface area contributed by atoms with E-state index in [0.29, 0.717) is 57.0 Å². The van der Waals surface area contributed by atoms with Crippen LogP contribution in [0.5, 0.6) is 11.6 Å². The number of rotatable bonds is 5. The van der Waals surface area contributed by atoms with Crippen LogP contribution in [-0.2, 0) is 11.2 Å². The number of carbonyl (C=O) groups is 2. The number of ether oxygens (including phenoxy) is 1. The fourth-order valence-corrected chi connectivity index (χ4v) is 3.85. The van der Waals surface area contributed by atoms with E-state index >= 15 is 0 Å². The zero-order valence-electron chi connectivity index (χ0n) is 16.3. The van der Waals surface area contributed by atoms with Gasteiger partial charge in [0.05, 0.1) is 23.9 Å². The quantitative estimate of drug-likeness (QED) is 0.487. The van der Waals surface area contributed by atoms with Gasteiger partial charge in [-0.25, -0.2) is 0 Å². The summed E-state index contributed by atoms with van der Waals surface area (Å²) in [7, 11) is 0. The van der Waals surface area contributed by atoms with Crippen LogP contribution in [0.2, 0.25) is 0 Å². The van der Waals surface area contributed by atoms with Gasteiger partial charge in [-0.05, 0) is 12.5 Å². The van der Waals surface area contributed by atoms with Gasteiger partial charge in [0.1, 0.15) is 17.2 Å². The number of pyridine rings is 1. The lowest BCUT2D eigenvalue weighted by Crippen LogP contribution is -2.40. The van der Waals surface area contributed by atoms with Crippen molar-refractivity contribution in [2.45, 2.75) is 31.3 Å². The molecule has 0 aromatic carbocycles. The van der Waals surface area contributed by atoms with Crippen molar-refractivity contribution in [2.24, 2.45) is 0 Å². The summed E-state index contributed by atoms with van der Waals surface area (Å²) in [6, 6.07) is 1.33. The monoisotopic (exact) mass is 413 g/mol. The molecule has 158 valence electrons. The summed E-state index contributed by atoms with van der Waals surface area (Å²) in [6.45, 7) is 1.37. The first-order valence-electron chi connectivity index (χ1n) is 9.66. The first-order valence-corrected chi connectivity index (χ1v) is 9.66. The normalized spacial score (nSPS) is 19.5. The van der Waals surface area contributed by atoms with Crippen LogP contribution in [0, 0.1) is 0 Å². The zero-order valence-corrected chi connectivity index (χ0v) is 16.3. The van der Waals surface area contributed by atoms with Gasteiger partial charge in [-0.1, -0.05) is 0 Å². The van der Waals surface area contributed by atoms with Crippen molar-refractivity contribution in [1.29, 1.82) is 0 Å². The Morgan fingerprint density at radius 2 is 2.13 bits per heavy atom. The maximum Gasteiger partial charge on any atom is 0.252 e.